The summed E-state index contributed by atoms with van der Waals surface area (Å²) < 4.78 is 0. The largest absolute Gasteiger partial charge is 0.384 e. The molecule has 0 saturated heterocycles. The second-order valence-corrected chi connectivity index (χ2v) is 4.20. The van der Waals surface area contributed by atoms with Crippen LogP contribution in [0.1, 0.15) is 21.5 Å². The van der Waals surface area contributed by atoms with Crippen LogP contribution < -0.4 is 5.32 Å². The lowest BCUT2D eigenvalue weighted by atomic mass is 10.0. The third-order valence-corrected chi connectivity index (χ3v) is 2.66. The number of aryl methyl sites for hydroxylation is 1. The number of anilines is 1. The molecule has 2 N–H and O–H groups in total. The Morgan fingerprint density at radius 2 is 2.05 bits per heavy atom. The van der Waals surface area contributed by atoms with Crippen LogP contribution in [0.25, 0.3) is 0 Å². The van der Waals surface area contributed by atoms with E-state index in [9.17, 15) is 4.79 Å². The molecule has 1 heterocycles. The van der Waals surface area contributed by atoms with E-state index < -0.39 is 0 Å². The van der Waals surface area contributed by atoms with Crippen molar-refractivity contribution in [3.8, 4) is 11.8 Å². The molecule has 0 saturated carbocycles. The quantitative estimate of drug-likeness (QED) is 0.817. The van der Waals surface area contributed by atoms with Gasteiger partial charge < -0.3 is 10.4 Å². The van der Waals surface area contributed by atoms with Gasteiger partial charge in [-0.05, 0) is 31.2 Å². The Bertz CT molecular complexity index is 670. The number of carbonyl (C=O) groups excluding carboxylic acids is 1. The summed E-state index contributed by atoms with van der Waals surface area (Å²) in [5.74, 6) is 5.11. The topological polar surface area (TPSA) is 62.2 Å². The standard InChI is InChI=1S/C16H14N2O2/c1-12-4-5-13(3-2-10-19)15(11-12)16(20)18-14-6-8-17-9-7-14/h4-9,11,19H,10H2,1H3,(H,17,18,20). The molecule has 0 aliphatic carbocycles. The Hall–Kier alpha value is -2.64. The number of benzene rings is 1. The van der Waals surface area contributed by atoms with Gasteiger partial charge in [0.25, 0.3) is 5.91 Å². The lowest BCUT2D eigenvalue weighted by Gasteiger charge is -2.07. The van der Waals surface area contributed by atoms with Gasteiger partial charge in [-0.1, -0.05) is 23.5 Å². The predicted octanol–water partition coefficient (Wildman–Crippen LogP) is 1.99. The molecule has 1 aromatic heterocycles. The highest BCUT2D eigenvalue weighted by atomic mass is 16.2. The van der Waals surface area contributed by atoms with Crippen LogP contribution in [0.4, 0.5) is 5.69 Å². The van der Waals surface area contributed by atoms with Crippen LogP contribution in [-0.2, 0) is 0 Å². The van der Waals surface area contributed by atoms with E-state index in [1.807, 2.05) is 13.0 Å². The average molecular weight is 266 g/mol. The first kappa shape index (κ1) is 13.8. The molecule has 4 heteroatoms. The molecular weight excluding hydrogens is 252 g/mol. The molecule has 0 aliphatic rings. The van der Waals surface area contributed by atoms with Gasteiger partial charge in [0.2, 0.25) is 0 Å². The molecule has 1 aromatic carbocycles. The summed E-state index contributed by atoms with van der Waals surface area (Å²) >= 11 is 0. The number of nitrogens with zero attached hydrogens (tertiary/aromatic N) is 1. The predicted molar refractivity (Wildman–Crippen MR) is 77.3 cm³/mol. The fourth-order valence-electron chi connectivity index (χ4n) is 1.72. The summed E-state index contributed by atoms with van der Waals surface area (Å²) in [6.07, 6.45) is 3.22. The van der Waals surface area contributed by atoms with Gasteiger partial charge >= 0.3 is 0 Å². The van der Waals surface area contributed by atoms with Crippen LogP contribution in [0.5, 0.6) is 0 Å². The van der Waals surface area contributed by atoms with E-state index in [0.717, 1.165) is 5.56 Å². The summed E-state index contributed by atoms with van der Waals surface area (Å²) in [7, 11) is 0. The number of amides is 1. The number of carbonyl (C=O) groups is 1. The monoisotopic (exact) mass is 266 g/mol. The first-order chi connectivity index (χ1) is 9.70. The van der Waals surface area contributed by atoms with Crippen molar-refractivity contribution in [2.24, 2.45) is 0 Å². The number of aliphatic hydroxyl groups excluding tert-OH is 1. The second kappa shape index (κ2) is 6.50. The molecule has 0 aliphatic heterocycles. The highest BCUT2D eigenvalue weighted by Crippen LogP contribution is 2.14. The number of nitrogens with one attached hydrogen (secondary N) is 1. The van der Waals surface area contributed by atoms with Crippen molar-refractivity contribution in [2.75, 3.05) is 11.9 Å². The lowest BCUT2D eigenvalue weighted by Crippen LogP contribution is -2.13. The molecule has 0 spiro atoms. The van der Waals surface area contributed by atoms with Crippen molar-refractivity contribution in [1.29, 1.82) is 0 Å². The first-order valence-corrected chi connectivity index (χ1v) is 6.12. The van der Waals surface area contributed by atoms with Gasteiger partial charge in [0, 0.05) is 23.6 Å². The number of pyridine rings is 1. The van der Waals surface area contributed by atoms with E-state index in [2.05, 4.69) is 22.1 Å². The van der Waals surface area contributed by atoms with Gasteiger partial charge in [-0.3, -0.25) is 9.78 Å². The Morgan fingerprint density at radius 1 is 1.30 bits per heavy atom. The summed E-state index contributed by atoms with van der Waals surface area (Å²) in [5, 5.41) is 11.6. The molecule has 100 valence electrons. The minimum absolute atomic E-state index is 0.234. The number of hydrogen-bond acceptors (Lipinski definition) is 3. The summed E-state index contributed by atoms with van der Waals surface area (Å²) in [5.41, 5.74) is 2.73. The molecule has 2 aromatic rings. The third-order valence-electron chi connectivity index (χ3n) is 2.66. The van der Waals surface area contributed by atoms with Crippen LogP contribution >= 0.6 is 0 Å². The number of rotatable bonds is 2. The Kier molecular flexibility index (Phi) is 4.48. The average Bonchev–Trinajstić information content (AvgIpc) is 2.47. The van der Waals surface area contributed by atoms with E-state index in [1.165, 1.54) is 0 Å². The molecule has 0 bridgehead atoms. The highest BCUT2D eigenvalue weighted by molar-refractivity contribution is 6.06. The zero-order chi connectivity index (χ0) is 14.4. The zero-order valence-electron chi connectivity index (χ0n) is 11.1. The summed E-state index contributed by atoms with van der Waals surface area (Å²) in [4.78, 5) is 16.2. The van der Waals surface area contributed by atoms with Crippen LogP contribution in [0.2, 0.25) is 0 Å². The van der Waals surface area contributed by atoms with Crippen molar-refractivity contribution < 1.29 is 9.90 Å². The number of hydrogen-bond donors (Lipinski definition) is 2. The highest BCUT2D eigenvalue weighted by Gasteiger charge is 2.10. The fraction of sp³-hybridized carbons (Fsp3) is 0.125. The van der Waals surface area contributed by atoms with Gasteiger partial charge in [0.05, 0.1) is 5.56 Å². The van der Waals surface area contributed by atoms with E-state index in [0.29, 0.717) is 16.8 Å². The van der Waals surface area contributed by atoms with Crippen LogP contribution in [0.15, 0.2) is 42.7 Å². The van der Waals surface area contributed by atoms with Gasteiger partial charge in [0.15, 0.2) is 0 Å². The second-order valence-electron chi connectivity index (χ2n) is 4.20. The van der Waals surface area contributed by atoms with Crippen LogP contribution in [0, 0.1) is 18.8 Å². The Balaban J connectivity index is 2.31. The molecular formula is C16H14N2O2. The first-order valence-electron chi connectivity index (χ1n) is 6.12. The molecule has 1 amide bonds. The lowest BCUT2D eigenvalue weighted by molar-refractivity contribution is 0.102. The normalized spacial score (nSPS) is 9.50. The molecule has 2 rings (SSSR count). The maximum Gasteiger partial charge on any atom is 0.256 e. The fourth-order valence-corrected chi connectivity index (χ4v) is 1.72. The molecule has 20 heavy (non-hydrogen) atoms. The van der Waals surface area contributed by atoms with E-state index in [4.69, 9.17) is 5.11 Å². The molecule has 0 fully saturated rings. The third kappa shape index (κ3) is 3.44. The van der Waals surface area contributed by atoms with Gasteiger partial charge in [-0.2, -0.15) is 0 Å². The Labute approximate surface area is 117 Å². The van der Waals surface area contributed by atoms with Crippen molar-refractivity contribution in [1.82, 2.24) is 4.98 Å². The smallest absolute Gasteiger partial charge is 0.256 e. The van der Waals surface area contributed by atoms with E-state index in [1.54, 1.807) is 36.7 Å². The van der Waals surface area contributed by atoms with Crippen molar-refractivity contribution in [3.63, 3.8) is 0 Å². The zero-order valence-corrected chi connectivity index (χ0v) is 11.1. The summed E-state index contributed by atoms with van der Waals surface area (Å²) in [6.45, 7) is 1.67. The molecule has 0 unspecified atom stereocenters. The van der Waals surface area contributed by atoms with Gasteiger partial charge in [-0.25, -0.2) is 0 Å². The maximum absolute atomic E-state index is 12.3. The van der Waals surface area contributed by atoms with Crippen LogP contribution in [-0.4, -0.2) is 22.6 Å². The van der Waals surface area contributed by atoms with E-state index in [-0.39, 0.29) is 12.5 Å². The van der Waals surface area contributed by atoms with Gasteiger partial charge in [-0.15, -0.1) is 0 Å². The van der Waals surface area contributed by atoms with Crippen LogP contribution in [0.3, 0.4) is 0 Å². The number of aliphatic hydroxyl groups is 1. The molecule has 4 nitrogen and oxygen atoms in total. The number of aromatic nitrogens is 1. The maximum atomic E-state index is 12.3. The van der Waals surface area contributed by atoms with Crippen molar-refractivity contribution in [2.45, 2.75) is 6.92 Å². The van der Waals surface area contributed by atoms with E-state index >= 15 is 0 Å². The molecule has 0 atom stereocenters. The van der Waals surface area contributed by atoms with Crippen molar-refractivity contribution >= 4 is 11.6 Å². The SMILES string of the molecule is Cc1ccc(C#CCO)c(C(=O)Nc2ccncc2)c1. The molecule has 0 radical (unpaired) electrons. The minimum atomic E-state index is -0.237. The summed E-state index contributed by atoms with van der Waals surface area (Å²) in [6, 6.07) is 8.86. The van der Waals surface area contributed by atoms with Gasteiger partial charge in [0.1, 0.15) is 6.61 Å². The minimum Gasteiger partial charge on any atom is -0.384 e. The Morgan fingerprint density at radius 3 is 2.75 bits per heavy atom. The van der Waals surface area contributed by atoms with Crippen molar-refractivity contribution in [3.05, 3.63) is 59.4 Å².